The number of fused-ring (bicyclic) bond motifs is 3. The molecule has 0 atom stereocenters. The van der Waals surface area contributed by atoms with Gasteiger partial charge in [0, 0.05) is 21.9 Å². The van der Waals surface area contributed by atoms with E-state index in [1.165, 1.54) is 24.3 Å². The molecule has 1 aliphatic carbocycles. The normalized spacial score (nSPS) is 13.0. The van der Waals surface area contributed by atoms with Gasteiger partial charge in [-0.1, -0.05) is 23.2 Å². The van der Waals surface area contributed by atoms with Crippen LogP contribution in [0.25, 0.3) is 10.8 Å². The first-order valence-electron chi connectivity index (χ1n) is 7.52. The molecule has 0 saturated heterocycles. The monoisotopic (exact) mass is 388 g/mol. The molecule has 0 bridgehead atoms. The van der Waals surface area contributed by atoms with E-state index < -0.39 is 23.1 Å². The van der Waals surface area contributed by atoms with E-state index in [9.17, 15) is 24.9 Å². The molecule has 130 valence electrons. The van der Waals surface area contributed by atoms with Crippen molar-refractivity contribution in [1.29, 1.82) is 0 Å². The van der Waals surface area contributed by atoms with Crippen LogP contribution in [0.4, 0.5) is 0 Å². The van der Waals surface area contributed by atoms with Crippen LogP contribution in [-0.2, 0) is 0 Å². The topological polar surface area (TPSA) is 94.8 Å². The van der Waals surface area contributed by atoms with Gasteiger partial charge in [-0.15, -0.1) is 0 Å². The van der Waals surface area contributed by atoms with Crippen molar-refractivity contribution in [2.45, 2.75) is 6.92 Å². The number of phenolic OH excluding ortho intramolecular Hbond substituents is 3. The first-order chi connectivity index (χ1) is 12.2. The van der Waals surface area contributed by atoms with Gasteiger partial charge in [0.05, 0.1) is 21.2 Å². The summed E-state index contributed by atoms with van der Waals surface area (Å²) in [5, 5.41) is 31.5. The summed E-state index contributed by atoms with van der Waals surface area (Å²) < 4.78 is 0. The van der Waals surface area contributed by atoms with Crippen LogP contribution in [0.15, 0.2) is 24.3 Å². The Balaban J connectivity index is 2.17. The van der Waals surface area contributed by atoms with Crippen LogP contribution in [-0.4, -0.2) is 26.9 Å². The largest absolute Gasteiger partial charge is 0.506 e. The number of carbonyl (C=O) groups is 2. The van der Waals surface area contributed by atoms with Crippen LogP contribution in [0, 0.1) is 6.92 Å². The minimum Gasteiger partial charge on any atom is -0.506 e. The molecule has 0 unspecified atom stereocenters. The highest BCUT2D eigenvalue weighted by atomic mass is 35.5. The van der Waals surface area contributed by atoms with Gasteiger partial charge in [-0.25, -0.2) is 0 Å². The average molecular weight is 389 g/mol. The zero-order chi connectivity index (χ0) is 18.9. The molecule has 7 heteroatoms. The Hall–Kier alpha value is -2.76. The molecule has 0 heterocycles. The summed E-state index contributed by atoms with van der Waals surface area (Å²) in [5.74, 6) is -2.52. The molecule has 0 fully saturated rings. The molecule has 0 amide bonds. The summed E-state index contributed by atoms with van der Waals surface area (Å²) in [6.07, 6.45) is 0. The molecule has 5 nitrogen and oxygen atoms in total. The van der Waals surface area contributed by atoms with Crippen LogP contribution >= 0.6 is 23.2 Å². The number of ketones is 2. The van der Waals surface area contributed by atoms with Crippen LogP contribution < -0.4 is 0 Å². The maximum absolute atomic E-state index is 12.9. The molecule has 26 heavy (non-hydrogen) atoms. The summed E-state index contributed by atoms with van der Waals surface area (Å²) in [4.78, 5) is 25.8. The van der Waals surface area contributed by atoms with E-state index in [-0.39, 0.29) is 48.8 Å². The Morgan fingerprint density at radius 3 is 2.08 bits per heavy atom. The molecule has 3 aromatic rings. The van der Waals surface area contributed by atoms with E-state index in [1.807, 2.05) is 0 Å². The Labute approximate surface area is 157 Å². The van der Waals surface area contributed by atoms with Gasteiger partial charge in [0.2, 0.25) is 0 Å². The first-order valence-corrected chi connectivity index (χ1v) is 8.28. The molecule has 0 aromatic heterocycles. The highest BCUT2D eigenvalue weighted by Crippen LogP contribution is 2.46. The number of aromatic hydroxyl groups is 3. The standard InChI is InChI=1S/C19H10Cl2O5/c1-6-4-11(21)15(22)8-5-9-14(19(26)12(6)8)16(23)7-2-3-10(20)18(25)13(7)17(9)24/h2-5,22,25-26H,1H3. The SMILES string of the molecule is Cc1cc(Cl)c(O)c2cc3c(c(O)c12)C(=O)c1ccc(Cl)c(O)c1C3=O. The number of halogens is 2. The molecule has 0 spiro atoms. The third kappa shape index (κ3) is 1.98. The fraction of sp³-hybridized carbons (Fsp3) is 0.0526. The fourth-order valence-electron chi connectivity index (χ4n) is 3.38. The third-order valence-electron chi connectivity index (χ3n) is 4.59. The van der Waals surface area contributed by atoms with Crippen molar-refractivity contribution in [2.24, 2.45) is 0 Å². The number of rotatable bonds is 0. The summed E-state index contributed by atoms with van der Waals surface area (Å²) >= 11 is 11.8. The van der Waals surface area contributed by atoms with Crippen molar-refractivity contribution in [2.75, 3.05) is 0 Å². The summed E-state index contributed by atoms with van der Waals surface area (Å²) in [6.45, 7) is 1.66. The Morgan fingerprint density at radius 2 is 1.38 bits per heavy atom. The first kappa shape index (κ1) is 16.7. The van der Waals surface area contributed by atoms with E-state index in [4.69, 9.17) is 23.2 Å². The Bertz CT molecular complexity index is 1180. The lowest BCUT2D eigenvalue weighted by molar-refractivity contribution is 0.0974. The van der Waals surface area contributed by atoms with Gasteiger partial charge in [-0.3, -0.25) is 9.59 Å². The van der Waals surface area contributed by atoms with Crippen LogP contribution in [0.2, 0.25) is 10.0 Å². The molecule has 3 N–H and O–H groups in total. The van der Waals surface area contributed by atoms with Crippen molar-refractivity contribution < 1.29 is 24.9 Å². The number of hydrogen-bond donors (Lipinski definition) is 3. The van der Waals surface area contributed by atoms with Gasteiger partial charge >= 0.3 is 0 Å². The highest BCUT2D eigenvalue weighted by Gasteiger charge is 2.36. The van der Waals surface area contributed by atoms with Gasteiger partial charge in [0.15, 0.2) is 11.6 Å². The molecule has 3 aromatic carbocycles. The van der Waals surface area contributed by atoms with Crippen molar-refractivity contribution in [3.05, 3.63) is 62.1 Å². The molecule has 4 rings (SSSR count). The summed E-state index contributed by atoms with van der Waals surface area (Å²) in [6, 6.07) is 5.39. The minimum absolute atomic E-state index is 0.0464. The second kappa shape index (κ2) is 5.37. The van der Waals surface area contributed by atoms with Crippen molar-refractivity contribution in [3.8, 4) is 17.2 Å². The number of carbonyl (C=O) groups excluding carboxylic acids is 2. The lowest BCUT2D eigenvalue weighted by Gasteiger charge is -2.21. The Morgan fingerprint density at radius 1 is 0.769 bits per heavy atom. The highest BCUT2D eigenvalue weighted by molar-refractivity contribution is 6.37. The van der Waals surface area contributed by atoms with Crippen molar-refractivity contribution in [3.63, 3.8) is 0 Å². The molecular formula is C19H10Cl2O5. The van der Waals surface area contributed by atoms with Crippen LogP contribution in [0.5, 0.6) is 17.2 Å². The predicted molar refractivity (Wildman–Crippen MR) is 97.0 cm³/mol. The summed E-state index contributed by atoms with van der Waals surface area (Å²) in [5.41, 5.74) is -0.0569. The predicted octanol–water partition coefficient (Wildman–Crippen LogP) is 4.35. The van der Waals surface area contributed by atoms with Gasteiger partial charge in [-0.2, -0.15) is 0 Å². The molecular weight excluding hydrogens is 379 g/mol. The van der Waals surface area contributed by atoms with Gasteiger partial charge in [0.1, 0.15) is 17.2 Å². The molecule has 0 saturated carbocycles. The third-order valence-corrected chi connectivity index (χ3v) is 5.19. The number of hydrogen-bond acceptors (Lipinski definition) is 5. The second-order valence-electron chi connectivity index (χ2n) is 6.07. The van der Waals surface area contributed by atoms with E-state index in [0.717, 1.165) is 0 Å². The van der Waals surface area contributed by atoms with Gasteiger partial charge < -0.3 is 15.3 Å². The van der Waals surface area contributed by atoms with Crippen LogP contribution in [0.3, 0.4) is 0 Å². The second-order valence-corrected chi connectivity index (χ2v) is 6.89. The maximum Gasteiger partial charge on any atom is 0.198 e. The maximum atomic E-state index is 12.9. The smallest absolute Gasteiger partial charge is 0.198 e. The molecule has 0 radical (unpaired) electrons. The lowest BCUT2D eigenvalue weighted by atomic mass is 9.81. The van der Waals surface area contributed by atoms with E-state index >= 15 is 0 Å². The molecule has 1 aliphatic rings. The zero-order valence-corrected chi connectivity index (χ0v) is 14.7. The number of aryl methyl sites for hydroxylation is 1. The summed E-state index contributed by atoms with van der Waals surface area (Å²) in [7, 11) is 0. The van der Waals surface area contributed by atoms with Gasteiger partial charge in [-0.05, 0) is 36.8 Å². The van der Waals surface area contributed by atoms with Crippen LogP contribution in [0.1, 0.15) is 37.4 Å². The lowest BCUT2D eigenvalue weighted by Crippen LogP contribution is -2.21. The Kier molecular flexibility index (Phi) is 3.45. The minimum atomic E-state index is -0.677. The van der Waals surface area contributed by atoms with Gasteiger partial charge in [0.25, 0.3) is 0 Å². The number of benzene rings is 3. The molecule has 0 aliphatic heterocycles. The average Bonchev–Trinajstić information content (AvgIpc) is 2.59. The quantitative estimate of drug-likeness (QED) is 0.416. The van der Waals surface area contributed by atoms with Crippen molar-refractivity contribution >= 4 is 45.5 Å². The zero-order valence-electron chi connectivity index (χ0n) is 13.2. The van der Waals surface area contributed by atoms with E-state index in [2.05, 4.69) is 0 Å². The van der Waals surface area contributed by atoms with E-state index in [0.29, 0.717) is 5.56 Å². The van der Waals surface area contributed by atoms with E-state index in [1.54, 1.807) is 6.92 Å². The fourth-order valence-corrected chi connectivity index (χ4v) is 3.80. The number of phenols is 3. The van der Waals surface area contributed by atoms with Crippen molar-refractivity contribution in [1.82, 2.24) is 0 Å².